The lowest BCUT2D eigenvalue weighted by atomic mass is 10.1. The van der Waals surface area contributed by atoms with Crippen LogP contribution < -0.4 is 24.2 Å². The zero-order valence-corrected chi connectivity index (χ0v) is 59.8. The van der Waals surface area contributed by atoms with E-state index in [2.05, 4.69) is 261 Å². The Balaban J connectivity index is 0.000000770. The van der Waals surface area contributed by atoms with Crippen molar-refractivity contribution in [1.82, 2.24) is 4.58 Å². The molecule has 0 N–H and O–H groups in total. The van der Waals surface area contributed by atoms with Crippen molar-refractivity contribution >= 4 is 97.0 Å². The molecule has 0 spiro atoms. The van der Waals surface area contributed by atoms with Crippen LogP contribution in [0.2, 0.25) is 0 Å². The molecule has 1 aliphatic rings. The monoisotopic (exact) mass is 1370 g/mol. The molecule has 26 heteroatoms. The molecular formula is C66H98F6N8O8S4. The Kier molecular flexibility index (Phi) is 30.2. The quantitative estimate of drug-likeness (QED) is 0.0298. The molecule has 0 saturated carbocycles. The van der Waals surface area contributed by atoms with Crippen molar-refractivity contribution in [2.24, 2.45) is 47.3 Å². The molecule has 0 amide bonds. The third-order valence-electron chi connectivity index (χ3n) is 13.0. The molecule has 5 rings (SSSR count). The van der Waals surface area contributed by atoms with Gasteiger partial charge in [0, 0.05) is 146 Å². The Morgan fingerprint density at radius 3 is 0.772 bits per heavy atom. The van der Waals surface area contributed by atoms with Gasteiger partial charge in [-0.15, -0.1) is 0 Å². The number of benzene rings is 4. The van der Waals surface area contributed by atoms with Gasteiger partial charge in [-0.2, -0.15) is 30.9 Å². The van der Waals surface area contributed by atoms with Gasteiger partial charge in [0.15, 0.2) is 25.8 Å². The van der Waals surface area contributed by atoms with Crippen LogP contribution in [0.25, 0.3) is 8.25 Å². The molecule has 0 fully saturated rings. The summed E-state index contributed by atoms with van der Waals surface area (Å²) in [6.45, 7) is 45.4. The summed E-state index contributed by atoms with van der Waals surface area (Å²) in [7, 11) is -20.9. The molecule has 92 heavy (non-hydrogen) atoms. The average molecular weight is 1370 g/mol. The molecule has 4 aromatic carbocycles. The molecule has 516 valence electrons. The van der Waals surface area contributed by atoms with Gasteiger partial charge in [0.25, 0.3) is 0 Å². The van der Waals surface area contributed by atoms with E-state index in [9.17, 15) is 60.0 Å². The van der Waals surface area contributed by atoms with E-state index in [0.29, 0.717) is 47.3 Å². The van der Waals surface area contributed by atoms with Gasteiger partial charge in [-0.3, -0.25) is 0 Å². The number of anilines is 6. The highest BCUT2D eigenvalue weighted by Gasteiger charge is 2.41. The Labute approximate surface area is 546 Å². The summed E-state index contributed by atoms with van der Waals surface area (Å²) >= 11 is 0. The highest BCUT2D eigenvalue weighted by atomic mass is 32.3. The van der Waals surface area contributed by atoms with Crippen LogP contribution in [-0.4, -0.2) is 126 Å². The SMILES string of the molecule is CC(C)CN(CC(C)C)c1ccc(N(c2ccc(N(CC(C)C)CC(C)C)cc2)c2ccc([N+](=C3C=CC(=[N+](CC(C)C)CC(C)C)C=C3)c3ccc(N(CC(C)C)CC(C)C)cc3)cc2)cc1.CS(=O)(=O)[N-]S(=O)(=O)C(F)(F)F.CS(=O)(=O)[N-]S(=O)(=O)C(F)(F)F. The zero-order valence-electron chi connectivity index (χ0n) is 56.6. The first-order valence-electron chi connectivity index (χ1n) is 30.8. The first kappa shape index (κ1) is 80.4. The van der Waals surface area contributed by atoms with E-state index in [1.54, 1.807) is 8.25 Å². The van der Waals surface area contributed by atoms with Crippen LogP contribution in [0.1, 0.15) is 111 Å². The van der Waals surface area contributed by atoms with Gasteiger partial charge in [0.1, 0.15) is 13.1 Å². The van der Waals surface area contributed by atoms with E-state index in [1.807, 2.05) is 0 Å². The summed E-state index contributed by atoms with van der Waals surface area (Å²) in [4.78, 5) is 10.1. The average Bonchev–Trinajstić information content (AvgIpc) is 0.797. The number of sulfonamides is 4. The van der Waals surface area contributed by atoms with Crippen molar-refractivity contribution in [3.63, 3.8) is 0 Å². The van der Waals surface area contributed by atoms with E-state index < -0.39 is 51.1 Å². The van der Waals surface area contributed by atoms with Crippen molar-refractivity contribution in [3.05, 3.63) is 130 Å². The van der Waals surface area contributed by atoms with Gasteiger partial charge in [0.2, 0.25) is 17.1 Å². The number of nitrogens with zero attached hydrogens (tertiary/aromatic N) is 8. The Morgan fingerprint density at radius 2 is 0.565 bits per heavy atom. The summed E-state index contributed by atoms with van der Waals surface area (Å²) in [5.74, 6) is 4.65. The summed E-state index contributed by atoms with van der Waals surface area (Å²) in [5.41, 5.74) is 0.601. The van der Waals surface area contributed by atoms with Crippen LogP contribution in [0.15, 0.2) is 121 Å². The van der Waals surface area contributed by atoms with Gasteiger partial charge >= 0.3 is 11.0 Å². The molecule has 0 bridgehead atoms. The smallest absolute Gasteiger partial charge is 0.429 e. The molecule has 0 unspecified atom stereocenters. The number of halogens is 6. The number of alkyl halides is 6. The van der Waals surface area contributed by atoms with Crippen LogP contribution in [0.4, 0.5) is 71.8 Å². The molecule has 4 aromatic rings. The lowest BCUT2D eigenvalue weighted by molar-refractivity contribution is -0.538. The Morgan fingerprint density at radius 1 is 0.348 bits per heavy atom. The van der Waals surface area contributed by atoms with E-state index in [0.717, 1.165) is 86.5 Å². The van der Waals surface area contributed by atoms with Gasteiger partial charge in [0.05, 0.1) is 20.0 Å². The maximum absolute atomic E-state index is 11.4. The normalized spacial score (nSPS) is 13.3. The predicted octanol–water partition coefficient (Wildman–Crippen LogP) is 16.0. The molecule has 0 aromatic heterocycles. The largest absolute Gasteiger partial charge is 0.480 e. The fourth-order valence-corrected chi connectivity index (χ4v) is 13.5. The molecule has 0 radical (unpaired) electrons. The van der Waals surface area contributed by atoms with Crippen molar-refractivity contribution < 1.29 is 64.6 Å². The van der Waals surface area contributed by atoms with Crippen molar-refractivity contribution in [3.8, 4) is 0 Å². The van der Waals surface area contributed by atoms with Crippen LogP contribution >= 0.6 is 0 Å². The molecular weight excluding hydrogens is 1280 g/mol. The molecule has 0 saturated heterocycles. The highest BCUT2D eigenvalue weighted by molar-refractivity contribution is 8.12. The molecule has 0 heterocycles. The number of rotatable bonds is 28. The van der Waals surface area contributed by atoms with Crippen molar-refractivity contribution in [2.45, 2.75) is 122 Å². The molecule has 0 atom stereocenters. The van der Waals surface area contributed by atoms with Gasteiger partial charge < -0.3 is 27.9 Å². The highest BCUT2D eigenvalue weighted by Crippen LogP contribution is 2.39. The second kappa shape index (κ2) is 34.6. The van der Waals surface area contributed by atoms with Crippen molar-refractivity contribution in [2.75, 3.05) is 84.5 Å². The maximum Gasteiger partial charge on any atom is 0.480 e. The van der Waals surface area contributed by atoms with E-state index in [4.69, 9.17) is 0 Å². The Bertz CT molecular complexity index is 3370. The maximum atomic E-state index is 11.4. The van der Waals surface area contributed by atoms with Gasteiger partial charge in [-0.25, -0.2) is 38.2 Å². The minimum Gasteiger partial charge on any atom is -0.429 e. The first-order chi connectivity index (χ1) is 42.2. The minimum atomic E-state index is -5.92. The lowest BCUT2D eigenvalue weighted by Crippen LogP contribution is -2.31. The van der Waals surface area contributed by atoms with E-state index >= 15 is 0 Å². The summed E-state index contributed by atoms with van der Waals surface area (Å²) in [6.07, 6.45) is 9.77. The zero-order chi connectivity index (χ0) is 70.1. The summed E-state index contributed by atoms with van der Waals surface area (Å²) < 4.78 is 157. The van der Waals surface area contributed by atoms with Gasteiger partial charge in [-0.05, 0) is 108 Å². The second-order valence-electron chi connectivity index (χ2n) is 26.5. The first-order valence-corrected chi connectivity index (χ1v) is 37.4. The van der Waals surface area contributed by atoms with Crippen molar-refractivity contribution in [1.29, 1.82) is 0 Å². The van der Waals surface area contributed by atoms with E-state index in [-0.39, 0.29) is 12.5 Å². The fraction of sp³-hybridized carbons (Fsp3) is 0.545. The van der Waals surface area contributed by atoms with E-state index in [1.165, 1.54) is 22.8 Å². The number of hydrogen-bond donors (Lipinski definition) is 0. The Hall–Kier alpha value is -5.80. The van der Waals surface area contributed by atoms with Crippen LogP contribution in [0.3, 0.4) is 0 Å². The van der Waals surface area contributed by atoms with Crippen LogP contribution in [-0.2, 0) is 40.1 Å². The fourth-order valence-electron chi connectivity index (χ4n) is 10.0. The standard InChI is InChI=1S/C62H92N6.2C2H3F3NO4S2/c1-45(2)37-63(38-46(3)4)53-17-25-57(26-18-53)67(58-27-19-54(20-28-58)64(39-47(5)6)40-48(7)8)61-33-35-62(36-34-61)68(59-29-21-55(22-30-59)65(41-49(9)10)42-50(11)12)60-31-23-56(24-32-60)66(43-51(13)14)44-52(15)16;2*1-11(7,8)6-12(9,10)2(3,4)5/h17-36,45-52H,37-44H2,1-16H3;2*1H3/q+2;2*-1. The number of allylic oxidation sites excluding steroid dienone is 4. The third-order valence-corrected chi connectivity index (χ3v) is 17.9. The summed E-state index contributed by atoms with van der Waals surface area (Å²) in [5, 5.41) is 0. The minimum absolute atomic E-state index is 0.246. The second-order valence-corrected chi connectivity index (χ2v) is 33.4. The molecule has 16 nitrogen and oxygen atoms in total. The third kappa shape index (κ3) is 27.3. The lowest BCUT2D eigenvalue weighted by Gasteiger charge is -2.31. The number of hydrogen-bond acceptors (Lipinski definition) is 12. The molecule has 1 aliphatic carbocycles. The predicted molar refractivity (Wildman–Crippen MR) is 369 cm³/mol. The van der Waals surface area contributed by atoms with Gasteiger partial charge in [-0.1, -0.05) is 111 Å². The van der Waals surface area contributed by atoms with Crippen LogP contribution in [0.5, 0.6) is 0 Å². The molecule has 0 aliphatic heterocycles. The topological polar surface area (TPSA) is 184 Å². The van der Waals surface area contributed by atoms with Crippen LogP contribution in [0, 0.1) is 47.3 Å². The summed E-state index contributed by atoms with van der Waals surface area (Å²) in [6, 6.07) is 37.0.